The van der Waals surface area contributed by atoms with E-state index in [2.05, 4.69) is 0 Å². The Bertz CT molecular complexity index is 573. The van der Waals surface area contributed by atoms with Crippen LogP contribution < -0.4 is 0 Å². The third-order valence-corrected chi connectivity index (χ3v) is 5.68. The minimum absolute atomic E-state index is 0.136. The fraction of sp³-hybridized carbons (Fsp3) is 0.538. The zero-order chi connectivity index (χ0) is 14.2. The monoisotopic (exact) mass is 287 g/mol. The fourth-order valence-corrected chi connectivity index (χ4v) is 4.38. The van der Waals surface area contributed by atoms with Crippen molar-refractivity contribution in [1.82, 2.24) is 4.31 Å². The molecule has 0 saturated carbocycles. The number of nitrogens with zero attached hydrogens (tertiary/aromatic N) is 1. The molecule has 1 N–H and O–H groups in total. The molecule has 0 unspecified atom stereocenters. The summed E-state index contributed by atoms with van der Waals surface area (Å²) in [6.07, 6.45) is 0.416. The Balaban J connectivity index is 2.37. The quantitative estimate of drug-likeness (QED) is 0.900. The maximum absolute atomic E-state index is 13.1. The number of aryl methyl sites for hydroxylation is 1. The number of rotatable bonds is 2. The number of aliphatic hydroxyl groups is 1. The van der Waals surface area contributed by atoms with Crippen molar-refractivity contribution in [3.63, 3.8) is 0 Å². The Morgan fingerprint density at radius 3 is 2.68 bits per heavy atom. The van der Waals surface area contributed by atoms with E-state index in [-0.39, 0.29) is 10.9 Å². The lowest BCUT2D eigenvalue weighted by atomic mass is 10.0. The minimum atomic E-state index is -3.63. The maximum atomic E-state index is 13.1. The average Bonchev–Trinajstić information content (AvgIpc) is 2.27. The second-order valence-electron chi connectivity index (χ2n) is 5.05. The smallest absolute Gasteiger partial charge is 0.243 e. The van der Waals surface area contributed by atoms with Crippen LogP contribution in [-0.2, 0) is 10.0 Å². The lowest BCUT2D eigenvalue weighted by Crippen LogP contribution is -2.46. The number of halogens is 1. The highest BCUT2D eigenvalue weighted by Crippen LogP contribution is 2.27. The number of aliphatic hydroxyl groups excluding tert-OH is 1. The van der Waals surface area contributed by atoms with Crippen molar-refractivity contribution in [1.29, 1.82) is 0 Å². The molecule has 4 nitrogen and oxygen atoms in total. The molecule has 2 rings (SSSR count). The molecule has 6 heteroatoms. The van der Waals surface area contributed by atoms with Crippen LogP contribution in [0.4, 0.5) is 4.39 Å². The number of benzene rings is 1. The van der Waals surface area contributed by atoms with Gasteiger partial charge in [-0.3, -0.25) is 0 Å². The SMILES string of the molecule is Cc1cc(F)ccc1S(=O)(=O)N1CC[C@@H](O)C[C@@H]1C. The number of hydrogen-bond donors (Lipinski definition) is 1. The van der Waals surface area contributed by atoms with Crippen LogP contribution in [-0.4, -0.2) is 36.5 Å². The summed E-state index contributed by atoms with van der Waals surface area (Å²) in [4.78, 5) is 0.136. The molecule has 0 aliphatic carbocycles. The molecule has 0 spiro atoms. The number of sulfonamides is 1. The topological polar surface area (TPSA) is 57.6 Å². The Hall–Kier alpha value is -0.980. The van der Waals surface area contributed by atoms with Gasteiger partial charge in [0.05, 0.1) is 11.0 Å². The third kappa shape index (κ3) is 2.80. The molecule has 1 aromatic rings. The first-order chi connectivity index (χ1) is 8.82. The zero-order valence-corrected chi connectivity index (χ0v) is 11.8. The fourth-order valence-electron chi connectivity index (χ4n) is 2.51. The molecular weight excluding hydrogens is 269 g/mol. The Morgan fingerprint density at radius 2 is 2.11 bits per heavy atom. The van der Waals surface area contributed by atoms with Crippen molar-refractivity contribution in [2.24, 2.45) is 0 Å². The summed E-state index contributed by atoms with van der Waals surface area (Å²) in [5, 5.41) is 9.55. The first-order valence-corrected chi connectivity index (χ1v) is 7.72. The summed E-state index contributed by atoms with van der Waals surface area (Å²) >= 11 is 0. The largest absolute Gasteiger partial charge is 0.393 e. The van der Waals surface area contributed by atoms with Crippen molar-refractivity contribution in [2.75, 3.05) is 6.54 Å². The highest BCUT2D eigenvalue weighted by atomic mass is 32.2. The standard InChI is InChI=1S/C13H18FNO3S/c1-9-7-11(14)3-4-13(9)19(17,18)15-6-5-12(16)8-10(15)2/h3-4,7,10,12,16H,5-6,8H2,1-2H3/t10-,12+/m0/s1. The summed E-state index contributed by atoms with van der Waals surface area (Å²) in [6, 6.07) is 3.43. The van der Waals surface area contributed by atoms with Gasteiger partial charge in [0, 0.05) is 12.6 Å². The molecule has 1 aromatic carbocycles. The molecule has 19 heavy (non-hydrogen) atoms. The highest BCUT2D eigenvalue weighted by Gasteiger charge is 2.34. The van der Waals surface area contributed by atoms with Crippen LogP contribution in [0, 0.1) is 12.7 Å². The third-order valence-electron chi connectivity index (χ3n) is 3.51. The van der Waals surface area contributed by atoms with Crippen LogP contribution in [0.1, 0.15) is 25.3 Å². The number of hydrogen-bond acceptors (Lipinski definition) is 3. The highest BCUT2D eigenvalue weighted by molar-refractivity contribution is 7.89. The van der Waals surface area contributed by atoms with Crippen LogP contribution >= 0.6 is 0 Å². The second-order valence-corrected chi connectivity index (χ2v) is 6.91. The predicted molar refractivity (Wildman–Crippen MR) is 69.7 cm³/mol. The van der Waals surface area contributed by atoms with Crippen molar-refractivity contribution >= 4 is 10.0 Å². The molecule has 1 aliphatic heterocycles. The van der Waals surface area contributed by atoms with Gasteiger partial charge in [-0.15, -0.1) is 0 Å². The van der Waals surface area contributed by atoms with E-state index in [1.807, 2.05) is 0 Å². The molecule has 1 heterocycles. The zero-order valence-electron chi connectivity index (χ0n) is 11.0. The van der Waals surface area contributed by atoms with E-state index in [0.717, 1.165) is 6.07 Å². The van der Waals surface area contributed by atoms with Crippen LogP contribution in [0.2, 0.25) is 0 Å². The van der Waals surface area contributed by atoms with E-state index in [0.29, 0.717) is 24.9 Å². The van der Waals surface area contributed by atoms with E-state index < -0.39 is 21.9 Å². The predicted octanol–water partition coefficient (Wildman–Crippen LogP) is 1.67. The van der Waals surface area contributed by atoms with Crippen LogP contribution in [0.25, 0.3) is 0 Å². The van der Waals surface area contributed by atoms with Gasteiger partial charge in [-0.2, -0.15) is 4.31 Å². The summed E-state index contributed by atoms with van der Waals surface area (Å²) in [6.45, 7) is 3.65. The van der Waals surface area contributed by atoms with Gasteiger partial charge in [0.2, 0.25) is 10.0 Å². The summed E-state index contributed by atoms with van der Waals surface area (Å²) < 4.78 is 39.6. The normalized spacial score (nSPS) is 25.5. The van der Waals surface area contributed by atoms with Crippen molar-refractivity contribution in [3.05, 3.63) is 29.6 Å². The van der Waals surface area contributed by atoms with Crippen LogP contribution in [0.3, 0.4) is 0 Å². The van der Waals surface area contributed by atoms with Crippen molar-refractivity contribution in [2.45, 2.75) is 43.7 Å². The van der Waals surface area contributed by atoms with Gasteiger partial charge in [-0.05, 0) is 50.5 Å². The molecule has 0 bridgehead atoms. The van der Waals surface area contributed by atoms with Crippen molar-refractivity contribution in [3.8, 4) is 0 Å². The van der Waals surface area contributed by atoms with E-state index in [4.69, 9.17) is 0 Å². The van der Waals surface area contributed by atoms with Gasteiger partial charge in [0.1, 0.15) is 5.82 Å². The first-order valence-electron chi connectivity index (χ1n) is 6.28. The summed E-state index contributed by atoms with van der Waals surface area (Å²) in [5.74, 6) is -0.446. The molecule has 0 amide bonds. The Labute approximate surface area is 112 Å². The molecule has 2 atom stereocenters. The van der Waals surface area contributed by atoms with Gasteiger partial charge >= 0.3 is 0 Å². The van der Waals surface area contributed by atoms with Crippen LogP contribution in [0.5, 0.6) is 0 Å². The Morgan fingerprint density at radius 1 is 1.42 bits per heavy atom. The van der Waals surface area contributed by atoms with Crippen LogP contribution in [0.15, 0.2) is 23.1 Å². The van der Waals surface area contributed by atoms with Gasteiger partial charge in [0.15, 0.2) is 0 Å². The van der Waals surface area contributed by atoms with Gasteiger partial charge in [-0.1, -0.05) is 0 Å². The molecule has 0 aromatic heterocycles. The minimum Gasteiger partial charge on any atom is -0.393 e. The summed E-state index contributed by atoms with van der Waals surface area (Å²) in [5.41, 5.74) is 0.401. The first kappa shape index (κ1) is 14.4. The molecule has 1 saturated heterocycles. The van der Waals surface area contributed by atoms with Crippen molar-refractivity contribution < 1.29 is 17.9 Å². The van der Waals surface area contributed by atoms with E-state index >= 15 is 0 Å². The molecule has 1 fully saturated rings. The van der Waals surface area contributed by atoms with Gasteiger partial charge in [0.25, 0.3) is 0 Å². The maximum Gasteiger partial charge on any atom is 0.243 e. The second kappa shape index (κ2) is 5.19. The lowest BCUT2D eigenvalue weighted by Gasteiger charge is -2.35. The van der Waals surface area contributed by atoms with E-state index in [9.17, 15) is 17.9 Å². The lowest BCUT2D eigenvalue weighted by molar-refractivity contribution is 0.0867. The van der Waals surface area contributed by atoms with E-state index in [1.54, 1.807) is 13.8 Å². The number of piperidine rings is 1. The van der Waals surface area contributed by atoms with E-state index in [1.165, 1.54) is 16.4 Å². The summed E-state index contributed by atoms with van der Waals surface area (Å²) in [7, 11) is -3.63. The Kier molecular flexibility index (Phi) is 3.94. The molecular formula is C13H18FNO3S. The van der Waals surface area contributed by atoms with Gasteiger partial charge in [-0.25, -0.2) is 12.8 Å². The average molecular weight is 287 g/mol. The molecule has 0 radical (unpaired) electrons. The van der Waals surface area contributed by atoms with Gasteiger partial charge < -0.3 is 5.11 Å². The molecule has 1 aliphatic rings. The molecule has 106 valence electrons.